The summed E-state index contributed by atoms with van der Waals surface area (Å²) in [5.74, 6) is 0.588. The maximum absolute atomic E-state index is 12.0. The molecule has 1 saturated carbocycles. The zero-order valence-corrected chi connectivity index (χ0v) is 11.1. The quantitative estimate of drug-likeness (QED) is 0.845. The fourth-order valence-corrected chi connectivity index (χ4v) is 2.93. The number of carbonyl (C=O) groups is 1. The number of carbonyl (C=O) groups excluding carboxylic acids is 1. The molecule has 0 spiro atoms. The average molecular weight is 253 g/mol. The SMILES string of the molecule is Cc1cc(C(=O)NC(CCO)C2CC2)sc1C. The van der Waals surface area contributed by atoms with Gasteiger partial charge in [-0.3, -0.25) is 4.79 Å². The molecule has 1 aliphatic rings. The molecule has 1 heterocycles. The van der Waals surface area contributed by atoms with Gasteiger partial charge in [-0.05, 0) is 50.7 Å². The summed E-state index contributed by atoms with van der Waals surface area (Å²) in [6.45, 7) is 4.20. The second kappa shape index (κ2) is 5.19. The summed E-state index contributed by atoms with van der Waals surface area (Å²) in [6.07, 6.45) is 3.01. The lowest BCUT2D eigenvalue weighted by molar-refractivity contribution is 0.0928. The summed E-state index contributed by atoms with van der Waals surface area (Å²) < 4.78 is 0. The minimum absolute atomic E-state index is 0.0107. The lowest BCUT2D eigenvalue weighted by Gasteiger charge is -2.16. The second-order valence-corrected chi connectivity index (χ2v) is 6.04. The van der Waals surface area contributed by atoms with E-state index in [9.17, 15) is 4.79 Å². The Kier molecular flexibility index (Phi) is 3.84. The molecule has 2 N–H and O–H groups in total. The van der Waals surface area contributed by atoms with Crippen LogP contribution in [0, 0.1) is 19.8 Å². The number of thiophene rings is 1. The van der Waals surface area contributed by atoms with Crippen molar-refractivity contribution in [1.82, 2.24) is 5.32 Å². The predicted molar refractivity (Wildman–Crippen MR) is 69.5 cm³/mol. The Labute approximate surface area is 106 Å². The van der Waals surface area contributed by atoms with Gasteiger partial charge in [0, 0.05) is 17.5 Å². The lowest BCUT2D eigenvalue weighted by atomic mass is 10.1. The Morgan fingerprint density at radius 1 is 1.59 bits per heavy atom. The average Bonchev–Trinajstić information content (AvgIpc) is 3.06. The number of hydrogen-bond donors (Lipinski definition) is 2. The highest BCUT2D eigenvalue weighted by Gasteiger charge is 2.32. The van der Waals surface area contributed by atoms with E-state index < -0.39 is 0 Å². The Balaban J connectivity index is 1.99. The molecule has 0 bridgehead atoms. The number of aliphatic hydroxyl groups is 1. The van der Waals surface area contributed by atoms with Crippen LogP contribution in [0.1, 0.15) is 39.4 Å². The van der Waals surface area contributed by atoms with Crippen LogP contribution in [0.4, 0.5) is 0 Å². The monoisotopic (exact) mass is 253 g/mol. The summed E-state index contributed by atoms with van der Waals surface area (Å²) in [7, 11) is 0. The summed E-state index contributed by atoms with van der Waals surface area (Å²) >= 11 is 1.54. The first-order valence-electron chi connectivity index (χ1n) is 6.10. The second-order valence-electron chi connectivity index (χ2n) is 4.78. The number of rotatable bonds is 5. The molecule has 0 aromatic carbocycles. The Hall–Kier alpha value is -0.870. The molecule has 1 aromatic rings. The van der Waals surface area contributed by atoms with Gasteiger partial charge < -0.3 is 10.4 Å². The first kappa shape index (κ1) is 12.6. The topological polar surface area (TPSA) is 49.3 Å². The first-order chi connectivity index (χ1) is 8.11. The van der Waals surface area contributed by atoms with Crippen LogP contribution in [-0.2, 0) is 0 Å². The van der Waals surface area contributed by atoms with E-state index >= 15 is 0 Å². The van der Waals surface area contributed by atoms with Gasteiger partial charge in [-0.15, -0.1) is 11.3 Å². The van der Waals surface area contributed by atoms with Crippen LogP contribution >= 0.6 is 11.3 Å². The van der Waals surface area contributed by atoms with Crippen molar-refractivity contribution in [3.05, 3.63) is 21.4 Å². The molecule has 4 heteroatoms. The van der Waals surface area contributed by atoms with E-state index in [0.29, 0.717) is 12.3 Å². The summed E-state index contributed by atoms with van der Waals surface area (Å²) in [6, 6.07) is 2.09. The normalized spacial score (nSPS) is 16.9. The van der Waals surface area contributed by atoms with Gasteiger partial charge in [0.1, 0.15) is 0 Å². The van der Waals surface area contributed by atoms with Crippen molar-refractivity contribution < 1.29 is 9.90 Å². The van der Waals surface area contributed by atoms with E-state index in [2.05, 4.69) is 5.32 Å². The van der Waals surface area contributed by atoms with Gasteiger partial charge in [0.15, 0.2) is 0 Å². The van der Waals surface area contributed by atoms with Gasteiger partial charge >= 0.3 is 0 Å². The van der Waals surface area contributed by atoms with Gasteiger partial charge in [-0.1, -0.05) is 0 Å². The van der Waals surface area contributed by atoms with Gasteiger partial charge in [-0.25, -0.2) is 0 Å². The predicted octanol–water partition coefficient (Wildman–Crippen LogP) is 2.26. The van der Waals surface area contributed by atoms with Crippen LogP contribution in [0.5, 0.6) is 0 Å². The Morgan fingerprint density at radius 3 is 2.76 bits per heavy atom. The Morgan fingerprint density at radius 2 is 2.29 bits per heavy atom. The zero-order valence-electron chi connectivity index (χ0n) is 10.3. The maximum Gasteiger partial charge on any atom is 0.261 e. The molecule has 1 atom stereocenters. The summed E-state index contributed by atoms with van der Waals surface area (Å²) in [5, 5.41) is 12.0. The molecule has 1 unspecified atom stereocenters. The third-order valence-corrected chi connectivity index (χ3v) is 4.49. The van der Waals surface area contributed by atoms with Crippen molar-refractivity contribution in [2.75, 3.05) is 6.61 Å². The van der Waals surface area contributed by atoms with E-state index in [1.807, 2.05) is 19.9 Å². The Bertz CT molecular complexity index is 390. The third-order valence-electron chi connectivity index (χ3n) is 3.34. The van der Waals surface area contributed by atoms with E-state index in [-0.39, 0.29) is 18.6 Å². The van der Waals surface area contributed by atoms with E-state index in [1.165, 1.54) is 23.3 Å². The molecule has 0 radical (unpaired) electrons. The molecule has 0 aliphatic heterocycles. The van der Waals surface area contributed by atoms with Gasteiger partial charge in [0.05, 0.1) is 4.88 Å². The molecule has 1 aliphatic carbocycles. The highest BCUT2D eigenvalue weighted by molar-refractivity contribution is 7.14. The zero-order chi connectivity index (χ0) is 12.4. The van der Waals surface area contributed by atoms with E-state index in [4.69, 9.17) is 5.11 Å². The molecule has 1 fully saturated rings. The van der Waals surface area contributed by atoms with Crippen LogP contribution < -0.4 is 5.32 Å². The molecule has 1 aromatic heterocycles. The molecule has 2 rings (SSSR count). The van der Waals surface area contributed by atoms with Crippen molar-refractivity contribution in [3.8, 4) is 0 Å². The highest BCUT2D eigenvalue weighted by Crippen LogP contribution is 2.34. The number of hydrogen-bond acceptors (Lipinski definition) is 3. The largest absolute Gasteiger partial charge is 0.396 e. The highest BCUT2D eigenvalue weighted by atomic mass is 32.1. The smallest absolute Gasteiger partial charge is 0.261 e. The minimum Gasteiger partial charge on any atom is -0.396 e. The van der Waals surface area contributed by atoms with Gasteiger partial charge in [-0.2, -0.15) is 0 Å². The van der Waals surface area contributed by atoms with E-state index in [1.54, 1.807) is 11.3 Å². The fraction of sp³-hybridized carbons (Fsp3) is 0.615. The molecular weight excluding hydrogens is 234 g/mol. The van der Waals surface area contributed by atoms with Crippen molar-refractivity contribution in [2.45, 2.75) is 39.2 Å². The molecule has 3 nitrogen and oxygen atoms in total. The fourth-order valence-electron chi connectivity index (χ4n) is 1.99. The number of nitrogens with one attached hydrogen (secondary N) is 1. The molecule has 1 amide bonds. The standard InChI is InChI=1S/C13H19NO2S/c1-8-7-12(17-9(8)2)13(16)14-11(5-6-15)10-3-4-10/h7,10-11,15H,3-6H2,1-2H3,(H,14,16). The molecular formula is C13H19NO2S. The van der Waals surface area contributed by atoms with Crippen LogP contribution in [-0.4, -0.2) is 23.7 Å². The van der Waals surface area contributed by atoms with Crippen LogP contribution in [0.15, 0.2) is 6.07 Å². The minimum atomic E-state index is 0.0107. The van der Waals surface area contributed by atoms with Gasteiger partial charge in [0.25, 0.3) is 5.91 Å². The summed E-state index contributed by atoms with van der Waals surface area (Å²) in [5.41, 5.74) is 1.17. The van der Waals surface area contributed by atoms with Crippen LogP contribution in [0.25, 0.3) is 0 Å². The maximum atomic E-state index is 12.0. The summed E-state index contributed by atoms with van der Waals surface area (Å²) in [4.78, 5) is 14.0. The number of aliphatic hydroxyl groups excluding tert-OH is 1. The number of amides is 1. The van der Waals surface area contributed by atoms with Crippen molar-refractivity contribution in [3.63, 3.8) is 0 Å². The molecule has 0 saturated heterocycles. The van der Waals surface area contributed by atoms with Gasteiger partial charge in [0.2, 0.25) is 0 Å². The third kappa shape index (κ3) is 3.07. The van der Waals surface area contributed by atoms with Crippen LogP contribution in [0.3, 0.4) is 0 Å². The van der Waals surface area contributed by atoms with Crippen molar-refractivity contribution in [1.29, 1.82) is 0 Å². The first-order valence-corrected chi connectivity index (χ1v) is 6.92. The van der Waals surface area contributed by atoms with Crippen molar-refractivity contribution >= 4 is 17.2 Å². The molecule has 94 valence electrons. The van der Waals surface area contributed by atoms with Crippen molar-refractivity contribution in [2.24, 2.45) is 5.92 Å². The van der Waals surface area contributed by atoms with E-state index in [0.717, 1.165) is 4.88 Å². The number of aryl methyl sites for hydroxylation is 2. The molecule has 17 heavy (non-hydrogen) atoms. The lowest BCUT2D eigenvalue weighted by Crippen LogP contribution is -2.36. The van der Waals surface area contributed by atoms with Crippen LogP contribution in [0.2, 0.25) is 0 Å².